The van der Waals surface area contributed by atoms with Crippen LogP contribution in [-0.4, -0.2) is 89.1 Å². The highest BCUT2D eigenvalue weighted by atomic mass is 32.2. The number of hydrogen-bond donors (Lipinski definition) is 0. The van der Waals surface area contributed by atoms with Gasteiger partial charge in [0.15, 0.2) is 19.7 Å². The monoisotopic (exact) mass is 914 g/mol. The van der Waals surface area contributed by atoms with Crippen LogP contribution < -0.4 is 18.9 Å². The van der Waals surface area contributed by atoms with E-state index < -0.39 is 19.7 Å². The summed E-state index contributed by atoms with van der Waals surface area (Å²) >= 11 is 0. The summed E-state index contributed by atoms with van der Waals surface area (Å²) in [6.45, 7) is 4.58. The Morgan fingerprint density at radius 3 is 1.59 bits per heavy atom. The fraction of sp³-hybridized carbons (Fsp3) is 0.455. The van der Waals surface area contributed by atoms with Gasteiger partial charge in [-0.15, -0.1) is 11.5 Å². The number of sulfone groups is 2. The van der Waals surface area contributed by atoms with Crippen molar-refractivity contribution in [2.45, 2.75) is 119 Å². The van der Waals surface area contributed by atoms with Crippen LogP contribution in [0, 0.1) is 12.3 Å². The zero-order chi connectivity index (χ0) is 46.0. The van der Waals surface area contributed by atoms with Crippen molar-refractivity contribution >= 4 is 19.7 Å². The number of aromatic nitrogens is 7. The van der Waals surface area contributed by atoms with Crippen LogP contribution in [0.3, 0.4) is 0 Å². The smallest absolute Gasteiger partial charge is 0.316 e. The van der Waals surface area contributed by atoms with Gasteiger partial charge in [-0.2, -0.15) is 0 Å². The van der Waals surface area contributed by atoms with E-state index >= 15 is 0 Å². The van der Waals surface area contributed by atoms with E-state index in [0.29, 0.717) is 23.5 Å². The molecule has 0 radical (unpaired) electrons. The van der Waals surface area contributed by atoms with E-state index in [2.05, 4.69) is 60.0 Å². The van der Waals surface area contributed by atoms with Crippen LogP contribution in [0.4, 0.5) is 0 Å². The average Bonchev–Trinajstić information content (AvgIpc) is 3.78. The van der Waals surface area contributed by atoms with E-state index in [1.54, 1.807) is 36.7 Å². The maximum atomic E-state index is 11.5. The van der Waals surface area contributed by atoms with Gasteiger partial charge in [0.05, 0.1) is 22.0 Å². The molecule has 0 unspecified atom stereocenters. The minimum absolute atomic E-state index is 0.111. The number of hydrogen-bond acceptors (Lipinski definition) is 15. The maximum absolute atomic E-state index is 11.5. The fourth-order valence-electron chi connectivity index (χ4n) is 6.66. The van der Waals surface area contributed by atoms with Crippen molar-refractivity contribution in [3.63, 3.8) is 0 Å². The standard InChI is InChI=1S/C22H27N5O4S.C12H17N5O.C10H10O3S/c1-3-16-12-23-22(24-13-16)31-20-6-4-18(5-7-20)27-14-17(25-26-27)15-30-19-8-10-21(11-9-19)32(2,28)29;1-2-9-7-14-12(15-8-9)18-11-5-3-10(4-6-11)16-17-13;1-3-8-13-9-4-6-10(7-5-9)14(2,11)12/h8-14,18,20H,3-7,15H2,1-2H3;7-8,10-11H,2-6H2,1H3;1,4-7H,8H2,2H3. The number of ether oxygens (including phenoxy) is 4. The summed E-state index contributed by atoms with van der Waals surface area (Å²) in [5.74, 6) is 3.47. The quantitative estimate of drug-likeness (QED) is 0.0433. The molecule has 2 aliphatic carbocycles. The van der Waals surface area contributed by atoms with Crippen LogP contribution in [0.5, 0.6) is 23.5 Å². The first-order valence-corrected chi connectivity index (χ1v) is 24.7. The summed E-state index contributed by atoms with van der Waals surface area (Å²) in [5, 5.41) is 12.2. The van der Waals surface area contributed by atoms with Gasteiger partial charge in [0.1, 0.15) is 42.6 Å². The first-order valence-electron chi connectivity index (χ1n) is 21.0. The first-order chi connectivity index (χ1) is 30.8. The Bertz CT molecular complexity index is 2510. The Morgan fingerprint density at radius 1 is 0.719 bits per heavy atom. The molecule has 0 atom stereocenters. The van der Waals surface area contributed by atoms with E-state index in [9.17, 15) is 16.8 Å². The minimum Gasteiger partial charge on any atom is -0.487 e. The number of rotatable bonds is 15. The van der Waals surface area contributed by atoms with Crippen molar-refractivity contribution in [1.82, 2.24) is 34.9 Å². The van der Waals surface area contributed by atoms with Gasteiger partial charge in [-0.05, 0) is 129 Å². The molecule has 2 saturated carbocycles. The van der Waals surface area contributed by atoms with Crippen LogP contribution in [-0.2, 0) is 39.1 Å². The molecule has 0 amide bonds. The molecular formula is C44H54N10O8S2. The SMILES string of the molecule is C#CCOc1ccc(S(C)(=O)=O)cc1.CCc1cnc(OC2CCC(N=[N+]=[N-])CC2)nc1.CCc1cnc(OC2CCC(n3cc(COc4ccc(S(C)(=O)=O)cc4)nn3)CC2)nc1. The second kappa shape index (κ2) is 24.0. The second-order valence-corrected chi connectivity index (χ2v) is 19.2. The van der Waals surface area contributed by atoms with Gasteiger partial charge in [0, 0.05) is 48.3 Å². The molecule has 2 aliphatic rings. The zero-order valence-corrected chi connectivity index (χ0v) is 38.1. The molecule has 0 saturated heterocycles. The molecule has 3 aromatic heterocycles. The number of azide groups is 1. The topological polar surface area (TPSA) is 236 Å². The van der Waals surface area contributed by atoms with E-state index in [4.69, 9.17) is 30.9 Å². The van der Waals surface area contributed by atoms with Crippen LogP contribution in [0.1, 0.15) is 88.1 Å². The summed E-state index contributed by atoms with van der Waals surface area (Å²) < 4.78 is 69.6. The molecule has 0 spiro atoms. The summed E-state index contributed by atoms with van der Waals surface area (Å²) in [6.07, 6.45) is 25.8. The van der Waals surface area contributed by atoms with E-state index in [1.165, 1.54) is 30.5 Å². The van der Waals surface area contributed by atoms with Crippen LogP contribution in [0.2, 0.25) is 0 Å². The van der Waals surface area contributed by atoms with Crippen LogP contribution >= 0.6 is 0 Å². The van der Waals surface area contributed by atoms with Crippen LogP contribution in [0.25, 0.3) is 10.4 Å². The lowest BCUT2D eigenvalue weighted by Gasteiger charge is -2.28. The normalized spacial score (nSPS) is 18.3. The Labute approximate surface area is 374 Å². The summed E-state index contributed by atoms with van der Waals surface area (Å²) in [4.78, 5) is 20.3. The van der Waals surface area contributed by atoms with E-state index in [1.807, 2.05) is 23.3 Å². The third-order valence-corrected chi connectivity index (χ3v) is 12.6. The highest BCUT2D eigenvalue weighted by Crippen LogP contribution is 2.30. The molecule has 2 aromatic carbocycles. The minimum atomic E-state index is -3.22. The maximum Gasteiger partial charge on any atom is 0.316 e. The lowest BCUT2D eigenvalue weighted by Crippen LogP contribution is -2.26. The Balaban J connectivity index is 0.000000203. The van der Waals surface area contributed by atoms with E-state index in [0.717, 1.165) is 87.3 Å². The second-order valence-electron chi connectivity index (χ2n) is 15.2. The Hall–Kier alpha value is -6.29. The highest BCUT2D eigenvalue weighted by Gasteiger charge is 2.26. The van der Waals surface area contributed by atoms with Gasteiger partial charge in [0.2, 0.25) is 0 Å². The van der Waals surface area contributed by atoms with Crippen molar-refractivity contribution in [1.29, 1.82) is 0 Å². The average molecular weight is 915 g/mol. The fourth-order valence-corrected chi connectivity index (χ4v) is 7.92. The lowest BCUT2D eigenvalue weighted by molar-refractivity contribution is 0.118. The Morgan fingerprint density at radius 2 is 1.17 bits per heavy atom. The number of benzene rings is 2. The van der Waals surface area contributed by atoms with Gasteiger partial charge in [-0.25, -0.2) is 41.5 Å². The largest absolute Gasteiger partial charge is 0.487 e. The van der Waals surface area contributed by atoms with Gasteiger partial charge >= 0.3 is 12.0 Å². The summed E-state index contributed by atoms with van der Waals surface area (Å²) in [6, 6.07) is 13.8. The number of aryl methyl sites for hydroxylation is 2. The zero-order valence-electron chi connectivity index (χ0n) is 36.4. The summed E-state index contributed by atoms with van der Waals surface area (Å²) in [5.41, 5.74) is 11.3. The molecule has 0 aliphatic heterocycles. The van der Waals surface area contributed by atoms with Crippen molar-refractivity contribution < 1.29 is 35.8 Å². The molecule has 64 heavy (non-hydrogen) atoms. The van der Waals surface area contributed by atoms with Crippen molar-refractivity contribution in [3.05, 3.63) is 107 Å². The summed E-state index contributed by atoms with van der Waals surface area (Å²) in [7, 11) is -6.35. The number of nitrogens with zero attached hydrogens (tertiary/aromatic N) is 10. The highest BCUT2D eigenvalue weighted by molar-refractivity contribution is 7.91. The lowest BCUT2D eigenvalue weighted by atomic mass is 9.93. The van der Waals surface area contributed by atoms with Gasteiger partial charge in [0.25, 0.3) is 0 Å². The third-order valence-electron chi connectivity index (χ3n) is 10.4. The predicted octanol–water partition coefficient (Wildman–Crippen LogP) is 7.32. The molecule has 2 fully saturated rings. The van der Waals surface area contributed by atoms with Gasteiger partial charge < -0.3 is 18.9 Å². The van der Waals surface area contributed by atoms with Gasteiger partial charge in [-0.1, -0.05) is 30.1 Å². The predicted molar refractivity (Wildman–Crippen MR) is 238 cm³/mol. The van der Waals surface area contributed by atoms with Crippen molar-refractivity contribution in [2.24, 2.45) is 5.11 Å². The molecular weight excluding hydrogens is 861 g/mol. The molecule has 18 nitrogen and oxygen atoms in total. The number of terminal acetylenes is 1. The molecule has 340 valence electrons. The first kappa shape index (κ1) is 48.7. The molecule has 0 bridgehead atoms. The van der Waals surface area contributed by atoms with Crippen molar-refractivity contribution in [3.8, 4) is 35.9 Å². The molecule has 5 aromatic rings. The third kappa shape index (κ3) is 15.8. The molecule has 3 heterocycles. The molecule has 7 rings (SSSR count). The Kier molecular flexibility index (Phi) is 18.2. The van der Waals surface area contributed by atoms with Crippen LogP contribution in [0.15, 0.2) is 94.4 Å². The molecule has 0 N–H and O–H groups in total. The van der Waals surface area contributed by atoms with E-state index in [-0.39, 0.29) is 47.3 Å². The van der Waals surface area contributed by atoms with Gasteiger partial charge in [-0.3, -0.25) is 0 Å². The van der Waals surface area contributed by atoms with Crippen molar-refractivity contribution in [2.75, 3.05) is 19.1 Å². The molecule has 20 heteroatoms.